The third kappa shape index (κ3) is 2.72. The van der Waals surface area contributed by atoms with Crippen LogP contribution in [0.5, 0.6) is 0 Å². The number of carbonyl (C=O) groups is 1. The fourth-order valence-corrected chi connectivity index (χ4v) is 2.46. The maximum atomic E-state index is 12.1. The van der Waals surface area contributed by atoms with Crippen LogP contribution in [0, 0.1) is 21.4 Å². The molecule has 0 unspecified atom stereocenters. The summed E-state index contributed by atoms with van der Waals surface area (Å²) < 4.78 is 9.94. The Morgan fingerprint density at radius 3 is 2.70 bits per heavy atom. The van der Waals surface area contributed by atoms with Crippen LogP contribution >= 0.6 is 0 Å². The van der Waals surface area contributed by atoms with Gasteiger partial charge >= 0.3 is 5.97 Å². The standard InChI is InChI=1S/C15H13N3O5/c1-8-12(15(19)22-2)13(10(7-16)14(17)23-8)9-5-3-4-6-11(9)18(20)21/h3-6,13H,17H2,1-2H3/t13-/m1/s1. The summed E-state index contributed by atoms with van der Waals surface area (Å²) in [5.41, 5.74) is 5.58. The first-order chi connectivity index (χ1) is 10.9. The topological polar surface area (TPSA) is 128 Å². The van der Waals surface area contributed by atoms with Gasteiger partial charge in [0.1, 0.15) is 17.4 Å². The highest BCUT2D eigenvalue weighted by Crippen LogP contribution is 2.42. The summed E-state index contributed by atoms with van der Waals surface area (Å²) in [6, 6.07) is 7.69. The third-order valence-corrected chi connectivity index (χ3v) is 3.46. The van der Waals surface area contributed by atoms with Crippen LogP contribution in [0.2, 0.25) is 0 Å². The van der Waals surface area contributed by atoms with E-state index in [-0.39, 0.29) is 34.0 Å². The van der Waals surface area contributed by atoms with Crippen molar-refractivity contribution < 1.29 is 19.2 Å². The maximum absolute atomic E-state index is 12.1. The normalized spacial score (nSPS) is 17.3. The van der Waals surface area contributed by atoms with Crippen molar-refractivity contribution >= 4 is 11.7 Å². The molecular weight excluding hydrogens is 302 g/mol. The van der Waals surface area contributed by atoms with E-state index >= 15 is 0 Å². The summed E-state index contributed by atoms with van der Waals surface area (Å²) in [5, 5.41) is 20.6. The van der Waals surface area contributed by atoms with Crippen molar-refractivity contribution in [3.63, 3.8) is 0 Å². The van der Waals surface area contributed by atoms with E-state index in [1.807, 2.05) is 6.07 Å². The number of nitro benzene ring substituents is 1. The second kappa shape index (κ2) is 6.19. The van der Waals surface area contributed by atoms with Crippen molar-refractivity contribution in [2.24, 2.45) is 5.73 Å². The van der Waals surface area contributed by atoms with Gasteiger partial charge in [0, 0.05) is 11.6 Å². The zero-order valence-corrected chi connectivity index (χ0v) is 12.4. The Morgan fingerprint density at radius 1 is 1.48 bits per heavy atom. The Hall–Kier alpha value is -3.34. The van der Waals surface area contributed by atoms with Gasteiger partial charge in [0.05, 0.1) is 23.5 Å². The minimum Gasteiger partial charge on any atom is -0.466 e. The molecule has 0 aromatic heterocycles. The van der Waals surface area contributed by atoms with Gasteiger partial charge in [-0.3, -0.25) is 10.1 Å². The molecule has 0 radical (unpaired) electrons. The average Bonchev–Trinajstić information content (AvgIpc) is 2.53. The van der Waals surface area contributed by atoms with Crippen LogP contribution in [0.3, 0.4) is 0 Å². The van der Waals surface area contributed by atoms with E-state index in [1.54, 1.807) is 6.07 Å². The molecule has 0 bridgehead atoms. The van der Waals surface area contributed by atoms with Gasteiger partial charge in [0.25, 0.3) is 5.69 Å². The Kier molecular flexibility index (Phi) is 4.32. The number of nitrogens with two attached hydrogens (primary N) is 1. The molecular formula is C15H13N3O5. The molecule has 1 aromatic rings. The molecule has 8 heteroatoms. The Balaban J connectivity index is 2.77. The second-order valence-electron chi connectivity index (χ2n) is 4.70. The van der Waals surface area contributed by atoms with Gasteiger partial charge in [-0.05, 0) is 6.92 Å². The van der Waals surface area contributed by atoms with Crippen LogP contribution in [0.15, 0.2) is 47.1 Å². The molecule has 0 saturated carbocycles. The van der Waals surface area contributed by atoms with Gasteiger partial charge in [-0.2, -0.15) is 5.26 Å². The zero-order valence-electron chi connectivity index (χ0n) is 12.4. The number of nitriles is 1. The number of esters is 1. The van der Waals surface area contributed by atoms with E-state index in [0.29, 0.717) is 0 Å². The van der Waals surface area contributed by atoms with Crippen LogP contribution in [0.25, 0.3) is 0 Å². The van der Waals surface area contributed by atoms with Crippen LogP contribution in [0.1, 0.15) is 18.4 Å². The smallest absolute Gasteiger partial charge is 0.338 e. The molecule has 8 nitrogen and oxygen atoms in total. The number of methoxy groups -OCH3 is 1. The van der Waals surface area contributed by atoms with Crippen molar-refractivity contribution in [1.82, 2.24) is 0 Å². The SMILES string of the molecule is COC(=O)C1=C(C)OC(N)=C(C#N)[C@H]1c1ccccc1[N+](=O)[O-]. The van der Waals surface area contributed by atoms with Crippen LogP contribution in [-0.2, 0) is 14.3 Å². The van der Waals surface area contributed by atoms with E-state index in [2.05, 4.69) is 0 Å². The van der Waals surface area contributed by atoms with Gasteiger partial charge < -0.3 is 15.2 Å². The zero-order chi connectivity index (χ0) is 17.1. The minimum atomic E-state index is -1.03. The van der Waals surface area contributed by atoms with Gasteiger partial charge in [0.15, 0.2) is 0 Å². The lowest BCUT2D eigenvalue weighted by atomic mass is 9.82. The number of hydrogen-bond donors (Lipinski definition) is 1. The number of rotatable bonds is 3. The first-order valence-electron chi connectivity index (χ1n) is 6.52. The fraction of sp³-hybridized carbons (Fsp3) is 0.200. The monoisotopic (exact) mass is 315 g/mol. The summed E-state index contributed by atoms with van der Waals surface area (Å²) >= 11 is 0. The van der Waals surface area contributed by atoms with E-state index in [1.165, 1.54) is 32.2 Å². The molecule has 0 spiro atoms. The van der Waals surface area contributed by atoms with E-state index in [0.717, 1.165) is 0 Å². The molecule has 1 atom stereocenters. The maximum Gasteiger partial charge on any atom is 0.338 e. The summed E-state index contributed by atoms with van der Waals surface area (Å²) in [5.74, 6) is -1.83. The van der Waals surface area contributed by atoms with Crippen molar-refractivity contribution in [3.05, 3.63) is 62.7 Å². The molecule has 1 heterocycles. The van der Waals surface area contributed by atoms with Gasteiger partial charge in [-0.25, -0.2) is 4.79 Å². The van der Waals surface area contributed by atoms with Crippen molar-refractivity contribution in [1.29, 1.82) is 5.26 Å². The Labute approximate surface area is 131 Å². The van der Waals surface area contributed by atoms with E-state index < -0.39 is 16.8 Å². The summed E-state index contributed by atoms with van der Waals surface area (Å²) in [7, 11) is 1.17. The summed E-state index contributed by atoms with van der Waals surface area (Å²) in [6.45, 7) is 1.48. The van der Waals surface area contributed by atoms with Gasteiger partial charge in [-0.15, -0.1) is 0 Å². The minimum absolute atomic E-state index is 0.00699. The number of para-hydroxylation sites is 1. The number of ether oxygens (including phenoxy) is 2. The number of allylic oxidation sites excluding steroid dienone is 2. The summed E-state index contributed by atoms with van der Waals surface area (Å²) in [6.07, 6.45) is 0. The largest absolute Gasteiger partial charge is 0.466 e. The van der Waals surface area contributed by atoms with Crippen molar-refractivity contribution in [3.8, 4) is 6.07 Å². The molecule has 118 valence electrons. The quantitative estimate of drug-likeness (QED) is 0.512. The predicted octanol–water partition coefficient (Wildman–Crippen LogP) is 1.85. The number of hydrogen-bond acceptors (Lipinski definition) is 7. The highest BCUT2D eigenvalue weighted by atomic mass is 16.6. The first kappa shape index (κ1) is 16.0. The number of carbonyl (C=O) groups excluding carboxylic acids is 1. The second-order valence-corrected chi connectivity index (χ2v) is 4.70. The lowest BCUT2D eigenvalue weighted by Gasteiger charge is -2.26. The molecule has 1 aromatic carbocycles. The van der Waals surface area contributed by atoms with Crippen molar-refractivity contribution in [2.45, 2.75) is 12.8 Å². The molecule has 2 rings (SSSR count). The van der Waals surface area contributed by atoms with Gasteiger partial charge in [-0.1, -0.05) is 18.2 Å². The van der Waals surface area contributed by atoms with E-state index in [9.17, 15) is 20.2 Å². The van der Waals surface area contributed by atoms with Crippen LogP contribution < -0.4 is 5.73 Å². The highest BCUT2D eigenvalue weighted by Gasteiger charge is 2.39. The molecule has 2 N–H and O–H groups in total. The lowest BCUT2D eigenvalue weighted by molar-refractivity contribution is -0.385. The molecule has 0 fully saturated rings. The van der Waals surface area contributed by atoms with Crippen LogP contribution in [0.4, 0.5) is 5.69 Å². The van der Waals surface area contributed by atoms with E-state index in [4.69, 9.17) is 15.2 Å². The molecule has 0 amide bonds. The lowest BCUT2D eigenvalue weighted by Crippen LogP contribution is -2.25. The number of benzene rings is 1. The van der Waals surface area contributed by atoms with Gasteiger partial charge in [0.2, 0.25) is 5.88 Å². The Bertz CT molecular complexity index is 789. The summed E-state index contributed by atoms with van der Waals surface area (Å²) in [4.78, 5) is 22.8. The predicted molar refractivity (Wildman–Crippen MR) is 78.5 cm³/mol. The molecule has 0 aliphatic carbocycles. The average molecular weight is 315 g/mol. The highest BCUT2D eigenvalue weighted by molar-refractivity contribution is 5.92. The fourth-order valence-electron chi connectivity index (χ4n) is 2.46. The molecule has 23 heavy (non-hydrogen) atoms. The molecule has 1 aliphatic rings. The Morgan fingerprint density at radius 2 is 2.13 bits per heavy atom. The number of nitrogens with zero attached hydrogens (tertiary/aromatic N) is 2. The third-order valence-electron chi connectivity index (χ3n) is 3.46. The first-order valence-corrected chi connectivity index (χ1v) is 6.52. The van der Waals surface area contributed by atoms with Crippen molar-refractivity contribution in [2.75, 3.05) is 7.11 Å². The molecule has 1 aliphatic heterocycles. The molecule has 0 saturated heterocycles. The number of nitro groups is 1. The van der Waals surface area contributed by atoms with Crippen LogP contribution in [-0.4, -0.2) is 18.0 Å².